The van der Waals surface area contributed by atoms with E-state index in [-0.39, 0.29) is 0 Å². The van der Waals surface area contributed by atoms with Crippen LogP contribution < -0.4 is 0 Å². The molecule has 0 aliphatic rings. The number of halogens is 2. The molecule has 2 heteroatoms. The van der Waals surface area contributed by atoms with Gasteiger partial charge in [-0.15, -0.1) is 0 Å². The van der Waals surface area contributed by atoms with Gasteiger partial charge in [0.15, 0.2) is 0 Å². The third-order valence-corrected chi connectivity index (χ3v) is 5.04. The Hall–Kier alpha value is -1.96. The van der Waals surface area contributed by atoms with Crippen molar-refractivity contribution in [2.45, 2.75) is 71.1 Å². The minimum absolute atomic E-state index is 0.384. The van der Waals surface area contributed by atoms with Gasteiger partial charge in [0.25, 0.3) is 6.08 Å². The molecule has 0 fully saturated rings. The van der Waals surface area contributed by atoms with Crippen LogP contribution >= 0.6 is 0 Å². The highest BCUT2D eigenvalue weighted by Crippen LogP contribution is 2.22. The van der Waals surface area contributed by atoms with Crippen LogP contribution in [0.15, 0.2) is 60.7 Å². The summed E-state index contributed by atoms with van der Waals surface area (Å²) in [7, 11) is 0. The molecule has 0 N–H and O–H groups in total. The molecule has 27 heavy (non-hydrogen) atoms. The lowest BCUT2D eigenvalue weighted by atomic mass is 9.99. The third-order valence-electron chi connectivity index (χ3n) is 5.04. The number of unbranched alkanes of at least 4 members (excludes halogenated alkanes) is 6. The highest BCUT2D eigenvalue weighted by molar-refractivity contribution is 5.64. The average Bonchev–Trinajstić information content (AvgIpc) is 2.68. The summed E-state index contributed by atoms with van der Waals surface area (Å²) in [5.74, 6) is 0. The first-order valence-electron chi connectivity index (χ1n) is 10.4. The fourth-order valence-corrected chi connectivity index (χ4v) is 3.36. The van der Waals surface area contributed by atoms with Gasteiger partial charge in [-0.1, -0.05) is 94.0 Å². The third kappa shape index (κ3) is 8.51. The number of rotatable bonds is 12. The summed E-state index contributed by atoms with van der Waals surface area (Å²) in [6.45, 7) is 2.26. The van der Waals surface area contributed by atoms with Gasteiger partial charge >= 0.3 is 0 Å². The molecule has 2 rings (SSSR count). The van der Waals surface area contributed by atoms with Crippen LogP contribution in [0.1, 0.15) is 69.4 Å². The van der Waals surface area contributed by atoms with Crippen LogP contribution in [0.4, 0.5) is 8.78 Å². The first-order valence-corrected chi connectivity index (χ1v) is 10.4. The second-order valence-corrected chi connectivity index (χ2v) is 7.30. The fraction of sp³-hybridized carbons (Fsp3) is 0.440. The Bertz CT molecular complexity index is 664. The maximum absolute atomic E-state index is 12.1. The predicted octanol–water partition coefficient (Wildman–Crippen LogP) is 8.36. The summed E-state index contributed by atoms with van der Waals surface area (Å²) in [4.78, 5) is 0. The molecule has 0 bridgehead atoms. The molecule has 0 aliphatic carbocycles. The van der Waals surface area contributed by atoms with E-state index in [9.17, 15) is 8.78 Å². The summed E-state index contributed by atoms with van der Waals surface area (Å²) in [6.07, 6.45) is 11.0. The van der Waals surface area contributed by atoms with Crippen LogP contribution in [0.5, 0.6) is 0 Å². The van der Waals surface area contributed by atoms with Crippen LogP contribution in [0.3, 0.4) is 0 Å². The fourth-order valence-electron chi connectivity index (χ4n) is 3.36. The molecule has 0 aromatic heterocycles. The maximum atomic E-state index is 12.1. The van der Waals surface area contributed by atoms with Crippen LogP contribution in [-0.2, 0) is 12.8 Å². The highest BCUT2D eigenvalue weighted by atomic mass is 19.3. The number of allylic oxidation sites excluding steroid dienone is 1. The number of aryl methyl sites for hydroxylation is 2. The molecule has 0 heterocycles. The van der Waals surface area contributed by atoms with Crippen molar-refractivity contribution in [3.63, 3.8) is 0 Å². The van der Waals surface area contributed by atoms with Gasteiger partial charge in [0.05, 0.1) is 0 Å². The molecule has 0 radical (unpaired) electrons. The van der Waals surface area contributed by atoms with E-state index in [0.29, 0.717) is 12.8 Å². The Kier molecular flexibility index (Phi) is 9.83. The molecule has 2 aromatic carbocycles. The number of hydrogen-bond acceptors (Lipinski definition) is 0. The van der Waals surface area contributed by atoms with Crippen molar-refractivity contribution in [2.24, 2.45) is 0 Å². The van der Waals surface area contributed by atoms with Crippen molar-refractivity contribution in [3.05, 3.63) is 71.8 Å². The predicted molar refractivity (Wildman–Crippen MR) is 112 cm³/mol. The summed E-state index contributed by atoms with van der Waals surface area (Å²) in [5, 5.41) is 0. The summed E-state index contributed by atoms with van der Waals surface area (Å²) in [6, 6.07) is 17.1. The van der Waals surface area contributed by atoms with E-state index < -0.39 is 6.08 Å². The lowest BCUT2D eigenvalue weighted by Gasteiger charge is -2.06. The normalized spacial score (nSPS) is 10.8. The molecule has 0 spiro atoms. The molecule has 0 saturated carbocycles. The topological polar surface area (TPSA) is 0 Å². The first-order chi connectivity index (χ1) is 13.2. The van der Waals surface area contributed by atoms with Gasteiger partial charge in [-0.25, -0.2) is 0 Å². The molecule has 0 atom stereocenters. The molecule has 0 unspecified atom stereocenters. The van der Waals surface area contributed by atoms with Crippen LogP contribution in [0, 0.1) is 0 Å². The van der Waals surface area contributed by atoms with Crippen molar-refractivity contribution in [1.82, 2.24) is 0 Å². The van der Waals surface area contributed by atoms with E-state index in [1.807, 2.05) is 12.1 Å². The maximum Gasteiger partial charge on any atom is 0.266 e. The van der Waals surface area contributed by atoms with Crippen LogP contribution in [-0.4, -0.2) is 0 Å². The molecule has 0 nitrogen and oxygen atoms in total. The monoisotopic (exact) mass is 370 g/mol. The van der Waals surface area contributed by atoms with Crippen molar-refractivity contribution in [2.75, 3.05) is 0 Å². The minimum atomic E-state index is -1.59. The number of hydrogen-bond donors (Lipinski definition) is 0. The van der Waals surface area contributed by atoms with Crippen molar-refractivity contribution >= 4 is 0 Å². The van der Waals surface area contributed by atoms with Gasteiger partial charge in [-0.3, -0.25) is 0 Å². The standard InChI is InChI=1S/C25H32F2/c1-2-3-4-5-6-7-8-10-21-13-17-23(18-14-21)24-19-15-22(16-20-24)11-9-12-25(26)27/h12-20H,2-11H2,1H3. The SMILES string of the molecule is CCCCCCCCCc1ccc(-c2ccc(CCC=C(F)F)cc2)cc1. The van der Waals surface area contributed by atoms with Crippen LogP contribution in [0.25, 0.3) is 11.1 Å². The van der Waals surface area contributed by atoms with Gasteiger partial charge in [-0.05, 0) is 54.0 Å². The van der Waals surface area contributed by atoms with E-state index in [2.05, 4.69) is 43.3 Å². The smallest absolute Gasteiger partial charge is 0.174 e. The zero-order chi connectivity index (χ0) is 19.3. The average molecular weight is 371 g/mol. The van der Waals surface area contributed by atoms with E-state index in [4.69, 9.17) is 0 Å². The first kappa shape index (κ1) is 21.3. The largest absolute Gasteiger partial charge is 0.266 e. The quantitative estimate of drug-likeness (QED) is 0.329. The molecule has 146 valence electrons. The molecular weight excluding hydrogens is 338 g/mol. The number of benzene rings is 2. The highest BCUT2D eigenvalue weighted by Gasteiger charge is 2.00. The Morgan fingerprint density at radius 1 is 0.667 bits per heavy atom. The van der Waals surface area contributed by atoms with Gasteiger partial charge in [0.2, 0.25) is 0 Å². The Labute approximate surface area is 163 Å². The molecule has 0 saturated heterocycles. The summed E-state index contributed by atoms with van der Waals surface area (Å²) in [5.41, 5.74) is 4.88. The van der Waals surface area contributed by atoms with Crippen molar-refractivity contribution in [3.8, 4) is 11.1 Å². The van der Waals surface area contributed by atoms with Gasteiger partial charge in [-0.2, -0.15) is 8.78 Å². The lowest BCUT2D eigenvalue weighted by Crippen LogP contribution is -1.88. The zero-order valence-corrected chi connectivity index (χ0v) is 16.5. The second-order valence-electron chi connectivity index (χ2n) is 7.30. The van der Waals surface area contributed by atoms with E-state index in [0.717, 1.165) is 18.1 Å². The summed E-state index contributed by atoms with van der Waals surface area (Å²) >= 11 is 0. The van der Waals surface area contributed by atoms with E-state index >= 15 is 0 Å². The lowest BCUT2D eigenvalue weighted by molar-refractivity contribution is 0.417. The second kappa shape index (κ2) is 12.4. The minimum Gasteiger partial charge on any atom is -0.174 e. The Morgan fingerprint density at radius 2 is 1.15 bits per heavy atom. The molecule has 2 aromatic rings. The molecule has 0 aliphatic heterocycles. The Morgan fingerprint density at radius 3 is 1.67 bits per heavy atom. The Balaban J connectivity index is 1.76. The molecular formula is C25H32F2. The van der Waals surface area contributed by atoms with Crippen LogP contribution in [0.2, 0.25) is 0 Å². The van der Waals surface area contributed by atoms with Gasteiger partial charge in [0.1, 0.15) is 0 Å². The van der Waals surface area contributed by atoms with Gasteiger partial charge < -0.3 is 0 Å². The van der Waals surface area contributed by atoms with Gasteiger partial charge in [0, 0.05) is 0 Å². The summed E-state index contributed by atoms with van der Waals surface area (Å²) < 4.78 is 24.2. The van der Waals surface area contributed by atoms with Crippen molar-refractivity contribution < 1.29 is 8.78 Å². The van der Waals surface area contributed by atoms with E-state index in [1.54, 1.807) is 0 Å². The zero-order valence-electron chi connectivity index (χ0n) is 16.5. The van der Waals surface area contributed by atoms with Crippen molar-refractivity contribution in [1.29, 1.82) is 0 Å². The molecule has 0 amide bonds. The van der Waals surface area contributed by atoms with E-state index in [1.165, 1.54) is 61.6 Å².